The Morgan fingerprint density at radius 3 is 2.26 bits per heavy atom. The molecule has 2 saturated heterocycles. The van der Waals surface area contributed by atoms with E-state index in [1.165, 1.54) is 0 Å². The number of amides is 5. The molecule has 3 aromatic rings. The molecule has 2 aromatic carbocycles. The Bertz CT molecular complexity index is 2490. The fraction of sp³-hybridized carbons (Fsp3) is 0.468. The van der Waals surface area contributed by atoms with Gasteiger partial charge in [0, 0.05) is 66.1 Å². The third kappa shape index (κ3) is 6.83. The van der Waals surface area contributed by atoms with Gasteiger partial charge in [-0.1, -0.05) is 45.2 Å². The van der Waals surface area contributed by atoms with Crippen LogP contribution in [0.2, 0.25) is 5.02 Å². The van der Waals surface area contributed by atoms with Crippen LogP contribution in [0.15, 0.2) is 48.5 Å². The molecule has 2 aliphatic carbocycles. The number of halogens is 1. The van der Waals surface area contributed by atoms with Gasteiger partial charge in [-0.15, -0.1) is 0 Å². The summed E-state index contributed by atoms with van der Waals surface area (Å²) >= 11 is 6.29. The van der Waals surface area contributed by atoms with Crippen molar-refractivity contribution in [3.63, 3.8) is 0 Å². The molecular formula is C47H48ClN7O6. The largest absolute Gasteiger partial charge is 0.489 e. The normalized spacial score (nSPS) is 26.5. The van der Waals surface area contributed by atoms with Gasteiger partial charge in [0.1, 0.15) is 29.7 Å². The van der Waals surface area contributed by atoms with Crippen LogP contribution in [-0.2, 0) is 16.1 Å². The molecular weight excluding hydrogens is 794 g/mol. The number of benzene rings is 2. The molecule has 61 heavy (non-hydrogen) atoms. The number of pyridine rings is 1. The Hall–Kier alpha value is -5.76. The molecule has 0 bridgehead atoms. The number of nitriles is 1. The van der Waals surface area contributed by atoms with E-state index in [0.29, 0.717) is 51.8 Å². The Morgan fingerprint density at radius 2 is 1.57 bits per heavy atom. The monoisotopic (exact) mass is 841 g/mol. The van der Waals surface area contributed by atoms with Crippen molar-refractivity contribution in [1.29, 1.82) is 5.26 Å². The predicted octanol–water partition coefficient (Wildman–Crippen LogP) is 5.58. The fourth-order valence-electron chi connectivity index (χ4n) is 11.2. The minimum absolute atomic E-state index is 0.0269. The molecule has 2 saturated carbocycles. The van der Waals surface area contributed by atoms with Gasteiger partial charge in [0.25, 0.3) is 17.7 Å². The molecule has 14 heteroatoms. The lowest BCUT2D eigenvalue weighted by Crippen LogP contribution is -2.74. The zero-order valence-corrected chi connectivity index (χ0v) is 35.7. The summed E-state index contributed by atoms with van der Waals surface area (Å²) in [5.74, 6) is 5.60. The zero-order valence-electron chi connectivity index (χ0n) is 35.0. The summed E-state index contributed by atoms with van der Waals surface area (Å²) in [6.07, 6.45) is 3.90. The number of aromatic nitrogens is 1. The van der Waals surface area contributed by atoms with Crippen LogP contribution in [0.3, 0.4) is 0 Å². The number of ether oxygens (including phenoxy) is 1. The Morgan fingerprint density at radius 1 is 0.869 bits per heavy atom. The number of carbonyl (C=O) groups is 5. The molecule has 13 nitrogen and oxygen atoms in total. The quantitative estimate of drug-likeness (QED) is 0.236. The van der Waals surface area contributed by atoms with Crippen LogP contribution in [0, 0.1) is 39.9 Å². The van der Waals surface area contributed by atoms with E-state index >= 15 is 0 Å². The average molecular weight is 842 g/mol. The van der Waals surface area contributed by atoms with E-state index < -0.39 is 29.7 Å². The number of carbonyl (C=O) groups excluding carboxylic acids is 5. The SMILES string of the molecule is CN(C1CCN(c2ccc3c(c2)C(=O)N(C2CCC(=O)NC2=O)C3=O)CC1)C1CC(C#Cc2ccc3c(n2)CN([C@H]2C(C)(C)[C@H](Oc4ccc(C#N)c(Cl)c4)C2(C)C)C3=O)C1. The molecule has 0 spiro atoms. The van der Waals surface area contributed by atoms with Crippen LogP contribution >= 0.6 is 11.6 Å². The van der Waals surface area contributed by atoms with Gasteiger partial charge in [-0.25, -0.2) is 4.98 Å². The number of anilines is 1. The van der Waals surface area contributed by atoms with Crippen LogP contribution < -0.4 is 15.0 Å². The smallest absolute Gasteiger partial charge is 0.262 e. The van der Waals surface area contributed by atoms with Crippen molar-refractivity contribution in [3.8, 4) is 23.7 Å². The molecule has 1 N–H and O–H groups in total. The van der Waals surface area contributed by atoms with Crippen molar-refractivity contribution >= 4 is 46.8 Å². The second-order valence-corrected chi connectivity index (χ2v) is 19.0. The minimum atomic E-state index is -0.981. The molecule has 1 atom stereocenters. The van der Waals surface area contributed by atoms with Crippen molar-refractivity contribution in [2.75, 3.05) is 25.0 Å². The van der Waals surface area contributed by atoms with Crippen molar-refractivity contribution in [3.05, 3.63) is 87.2 Å². The second-order valence-electron chi connectivity index (χ2n) is 18.6. The third-order valence-corrected chi connectivity index (χ3v) is 14.4. The summed E-state index contributed by atoms with van der Waals surface area (Å²) in [5.41, 5.74) is 3.16. The van der Waals surface area contributed by atoms with Crippen molar-refractivity contribution in [1.82, 2.24) is 25.0 Å². The highest BCUT2D eigenvalue weighted by molar-refractivity contribution is 6.31. The maximum atomic E-state index is 13.8. The average Bonchev–Trinajstić information content (AvgIpc) is 3.65. The third-order valence-electron chi connectivity index (χ3n) is 14.1. The van der Waals surface area contributed by atoms with Gasteiger partial charge >= 0.3 is 0 Å². The summed E-state index contributed by atoms with van der Waals surface area (Å²) in [7, 11) is 2.20. The molecule has 1 unspecified atom stereocenters. The highest BCUT2D eigenvalue weighted by Crippen LogP contribution is 2.59. The first-order valence-electron chi connectivity index (χ1n) is 21.1. The number of nitrogens with one attached hydrogen (secondary N) is 1. The van der Waals surface area contributed by atoms with E-state index in [-0.39, 0.29) is 53.2 Å². The van der Waals surface area contributed by atoms with Crippen LogP contribution in [0.1, 0.15) is 114 Å². The number of hydrogen-bond acceptors (Lipinski definition) is 10. The molecule has 0 radical (unpaired) electrons. The lowest BCUT2D eigenvalue weighted by molar-refractivity contribution is -0.199. The molecule has 4 fully saturated rings. The maximum Gasteiger partial charge on any atom is 0.262 e. The Kier molecular flexibility index (Phi) is 9.99. The lowest BCUT2D eigenvalue weighted by Gasteiger charge is -2.65. The topological polar surface area (TPSA) is 156 Å². The summed E-state index contributed by atoms with van der Waals surface area (Å²) in [5, 5.41) is 11.9. The molecule has 4 aliphatic heterocycles. The van der Waals surface area contributed by atoms with Crippen molar-refractivity contribution in [2.24, 2.45) is 16.7 Å². The van der Waals surface area contributed by atoms with E-state index in [1.54, 1.807) is 30.3 Å². The van der Waals surface area contributed by atoms with Crippen molar-refractivity contribution < 1.29 is 28.7 Å². The summed E-state index contributed by atoms with van der Waals surface area (Å²) < 4.78 is 6.47. The van der Waals surface area contributed by atoms with Gasteiger partial charge < -0.3 is 19.4 Å². The van der Waals surface area contributed by atoms with Crippen LogP contribution in [-0.4, -0.2) is 99.6 Å². The van der Waals surface area contributed by atoms with E-state index in [2.05, 4.69) is 67.8 Å². The van der Waals surface area contributed by atoms with E-state index in [0.717, 1.165) is 55.1 Å². The van der Waals surface area contributed by atoms with Gasteiger partial charge in [-0.2, -0.15) is 5.26 Å². The van der Waals surface area contributed by atoms with Crippen LogP contribution in [0.25, 0.3) is 0 Å². The van der Waals surface area contributed by atoms with Gasteiger partial charge in [-0.05, 0) is 87.5 Å². The van der Waals surface area contributed by atoms with E-state index in [9.17, 15) is 29.2 Å². The number of hydrogen-bond donors (Lipinski definition) is 1. The van der Waals surface area contributed by atoms with E-state index in [1.807, 2.05) is 23.1 Å². The van der Waals surface area contributed by atoms with Gasteiger partial charge in [0.15, 0.2) is 0 Å². The Labute approximate surface area is 360 Å². The fourth-order valence-corrected chi connectivity index (χ4v) is 11.4. The first kappa shape index (κ1) is 40.6. The van der Waals surface area contributed by atoms with E-state index in [4.69, 9.17) is 21.3 Å². The standard InChI is InChI=1S/C47H48ClN7O6/c1-46(2)44(47(3,4)45(46)61-32-11-7-27(24-49)36(48)23-32)54-25-37-34(41(54)58)12-9-28(50-37)8-6-26-20-31(21-26)52(5)29-16-18-53(19-17-29)30-10-13-33-35(22-30)43(60)55(42(33)59)38-14-15-39(56)51-40(38)57/h7,9-13,22-23,26,29,31,38,44-45H,14-21,25H2,1-5H3,(H,51,56,57)/t26?,31?,38?,44-,45-. The highest BCUT2D eigenvalue weighted by atomic mass is 35.5. The number of rotatable bonds is 7. The first-order valence-corrected chi connectivity index (χ1v) is 21.5. The van der Waals surface area contributed by atoms with Crippen molar-refractivity contribution in [2.45, 2.75) is 103 Å². The second kappa shape index (κ2) is 15.0. The predicted molar refractivity (Wildman–Crippen MR) is 226 cm³/mol. The first-order chi connectivity index (χ1) is 29.1. The maximum absolute atomic E-state index is 13.8. The molecule has 9 rings (SSSR count). The summed E-state index contributed by atoms with van der Waals surface area (Å²) in [4.78, 5) is 77.0. The van der Waals surface area contributed by atoms with Crippen LogP contribution in [0.5, 0.6) is 5.75 Å². The number of imide groups is 2. The summed E-state index contributed by atoms with van der Waals surface area (Å²) in [6, 6.07) is 16.0. The summed E-state index contributed by atoms with van der Waals surface area (Å²) in [6.45, 7) is 10.5. The van der Waals surface area contributed by atoms with Crippen LogP contribution in [0.4, 0.5) is 5.69 Å². The Balaban J connectivity index is 0.767. The van der Waals surface area contributed by atoms with Gasteiger partial charge in [-0.3, -0.25) is 34.2 Å². The molecule has 314 valence electrons. The number of fused-ring (bicyclic) bond motifs is 2. The molecule has 5 amide bonds. The minimum Gasteiger partial charge on any atom is -0.489 e. The molecule has 1 aromatic heterocycles. The molecule has 6 aliphatic rings. The lowest BCUT2D eigenvalue weighted by atomic mass is 9.49. The molecule has 5 heterocycles. The highest BCUT2D eigenvalue weighted by Gasteiger charge is 2.67. The van der Waals surface area contributed by atoms with Gasteiger partial charge in [0.05, 0.1) is 39.5 Å². The zero-order chi connectivity index (χ0) is 43.1. The number of piperidine rings is 2. The van der Waals surface area contributed by atoms with Gasteiger partial charge in [0.2, 0.25) is 11.8 Å². The number of nitrogens with zero attached hydrogens (tertiary/aromatic N) is 6.